The summed E-state index contributed by atoms with van der Waals surface area (Å²) in [6.45, 7) is 3.28. The second-order valence-corrected chi connectivity index (χ2v) is 6.68. The van der Waals surface area contributed by atoms with Gasteiger partial charge in [-0.2, -0.15) is 5.10 Å². The van der Waals surface area contributed by atoms with E-state index in [-0.39, 0.29) is 25.0 Å². The van der Waals surface area contributed by atoms with Gasteiger partial charge in [-0.15, -0.1) is 0 Å². The van der Waals surface area contributed by atoms with E-state index >= 15 is 0 Å². The number of nitrogens with zero attached hydrogens (tertiary/aromatic N) is 4. The van der Waals surface area contributed by atoms with Gasteiger partial charge in [-0.3, -0.25) is 4.79 Å². The number of rotatable bonds is 4. The van der Waals surface area contributed by atoms with E-state index in [1.807, 2.05) is 36.5 Å². The van der Waals surface area contributed by atoms with Crippen molar-refractivity contribution in [3.63, 3.8) is 0 Å². The van der Waals surface area contributed by atoms with Crippen LogP contribution in [0, 0.1) is 0 Å². The van der Waals surface area contributed by atoms with Gasteiger partial charge < -0.3 is 20.2 Å². The number of hydrogen-bond donors (Lipinski definition) is 2. The third-order valence-corrected chi connectivity index (χ3v) is 4.58. The molecule has 8 heteroatoms. The summed E-state index contributed by atoms with van der Waals surface area (Å²) in [6.07, 6.45) is 3.67. The Balaban J connectivity index is 1.48. The Bertz CT molecular complexity index is 777. The van der Waals surface area contributed by atoms with Crippen LogP contribution in [-0.4, -0.2) is 75.5 Å². The molecule has 2 heterocycles. The zero-order valence-corrected chi connectivity index (χ0v) is 15.4. The zero-order valence-electron chi connectivity index (χ0n) is 15.4. The van der Waals surface area contributed by atoms with Crippen molar-refractivity contribution in [1.29, 1.82) is 0 Å². The molecule has 27 heavy (non-hydrogen) atoms. The van der Waals surface area contributed by atoms with E-state index in [4.69, 9.17) is 0 Å². The molecule has 1 aromatic carbocycles. The van der Waals surface area contributed by atoms with Gasteiger partial charge in [0.05, 0.1) is 24.5 Å². The molecule has 0 radical (unpaired) electrons. The van der Waals surface area contributed by atoms with Crippen LogP contribution in [0.2, 0.25) is 0 Å². The first kappa shape index (κ1) is 18.9. The van der Waals surface area contributed by atoms with E-state index in [1.54, 1.807) is 20.7 Å². The number of aromatic nitrogens is 2. The van der Waals surface area contributed by atoms with Gasteiger partial charge in [0.2, 0.25) is 5.91 Å². The lowest BCUT2D eigenvalue weighted by molar-refractivity contribution is -0.129. The first-order valence-electron chi connectivity index (χ1n) is 9.08. The van der Waals surface area contributed by atoms with E-state index in [2.05, 4.69) is 10.4 Å². The highest BCUT2D eigenvalue weighted by Gasteiger charge is 2.25. The van der Waals surface area contributed by atoms with Crippen LogP contribution in [0.1, 0.15) is 12.5 Å². The van der Waals surface area contributed by atoms with E-state index in [0.717, 1.165) is 11.3 Å². The number of aliphatic hydroxyl groups excluding tert-OH is 1. The van der Waals surface area contributed by atoms with E-state index in [1.165, 1.54) is 6.92 Å². The van der Waals surface area contributed by atoms with Crippen molar-refractivity contribution in [2.75, 3.05) is 32.7 Å². The Morgan fingerprint density at radius 3 is 2.63 bits per heavy atom. The molecule has 0 saturated carbocycles. The Labute approximate surface area is 158 Å². The van der Waals surface area contributed by atoms with Gasteiger partial charge in [0.25, 0.3) is 0 Å². The Kier molecular flexibility index (Phi) is 6.08. The van der Waals surface area contributed by atoms with Crippen molar-refractivity contribution in [1.82, 2.24) is 24.9 Å². The van der Waals surface area contributed by atoms with Crippen molar-refractivity contribution < 1.29 is 14.7 Å². The average molecular weight is 371 g/mol. The summed E-state index contributed by atoms with van der Waals surface area (Å²) in [4.78, 5) is 27.0. The third kappa shape index (κ3) is 5.07. The number of para-hydroxylation sites is 1. The zero-order chi connectivity index (χ0) is 19.2. The molecule has 1 aliphatic rings. The monoisotopic (exact) mass is 371 g/mol. The molecule has 1 fully saturated rings. The highest BCUT2D eigenvalue weighted by molar-refractivity contribution is 5.75. The first-order chi connectivity index (χ1) is 13.0. The van der Waals surface area contributed by atoms with Crippen LogP contribution in [0.3, 0.4) is 0 Å². The summed E-state index contributed by atoms with van der Waals surface area (Å²) in [5.74, 6) is -0.0910. The number of β-amino-alcohol motifs (C(OH)–C–C–N with tert-alkyl or cyclic N) is 1. The summed E-state index contributed by atoms with van der Waals surface area (Å²) < 4.78 is 1.80. The van der Waals surface area contributed by atoms with Gasteiger partial charge in [0, 0.05) is 39.3 Å². The maximum Gasteiger partial charge on any atom is 0.317 e. The van der Waals surface area contributed by atoms with Crippen molar-refractivity contribution in [2.24, 2.45) is 0 Å². The van der Waals surface area contributed by atoms with E-state index in [9.17, 15) is 14.7 Å². The van der Waals surface area contributed by atoms with Gasteiger partial charge in [-0.05, 0) is 24.1 Å². The van der Waals surface area contributed by atoms with Crippen LogP contribution in [0.4, 0.5) is 4.79 Å². The highest BCUT2D eigenvalue weighted by atomic mass is 16.3. The SMILES string of the molecule is CC(=O)N1CCN(C(=O)NCCc2cnn(-c3ccccc3)c2)C[C@H](O)C1. The van der Waals surface area contributed by atoms with Crippen LogP contribution in [0.25, 0.3) is 5.69 Å². The Morgan fingerprint density at radius 2 is 1.89 bits per heavy atom. The molecule has 1 atom stereocenters. The fraction of sp³-hybridized carbons (Fsp3) is 0.421. The topological polar surface area (TPSA) is 90.7 Å². The molecule has 0 spiro atoms. The minimum Gasteiger partial charge on any atom is -0.389 e. The number of amides is 3. The van der Waals surface area contributed by atoms with Gasteiger partial charge in [-0.25, -0.2) is 9.48 Å². The van der Waals surface area contributed by atoms with Crippen LogP contribution in [-0.2, 0) is 11.2 Å². The number of nitrogens with one attached hydrogen (secondary N) is 1. The second kappa shape index (κ2) is 8.68. The summed E-state index contributed by atoms with van der Waals surface area (Å²) in [5, 5.41) is 17.2. The molecule has 3 rings (SSSR count). The number of carbonyl (C=O) groups is 2. The summed E-state index contributed by atoms with van der Waals surface area (Å²) in [5.41, 5.74) is 2.01. The molecule has 1 saturated heterocycles. The molecule has 1 aromatic heterocycles. The maximum absolute atomic E-state index is 12.4. The molecule has 1 aliphatic heterocycles. The highest BCUT2D eigenvalue weighted by Crippen LogP contribution is 2.08. The molecular formula is C19H25N5O3. The second-order valence-electron chi connectivity index (χ2n) is 6.68. The maximum atomic E-state index is 12.4. The standard InChI is InChI=1S/C19H25N5O3/c1-15(25)22-9-10-23(14-18(26)13-22)19(27)20-8-7-16-11-21-24(12-16)17-5-3-2-4-6-17/h2-6,11-12,18,26H,7-10,13-14H2,1H3,(H,20,27)/t18-/m1/s1. The smallest absolute Gasteiger partial charge is 0.317 e. The molecular weight excluding hydrogens is 346 g/mol. The minimum atomic E-state index is -0.730. The van der Waals surface area contributed by atoms with E-state index < -0.39 is 6.10 Å². The quantitative estimate of drug-likeness (QED) is 0.826. The number of aliphatic hydroxyl groups is 1. The van der Waals surface area contributed by atoms with Crippen LogP contribution < -0.4 is 5.32 Å². The normalized spacial score (nSPS) is 17.5. The van der Waals surface area contributed by atoms with Crippen LogP contribution in [0.15, 0.2) is 42.7 Å². The van der Waals surface area contributed by atoms with Crippen LogP contribution >= 0.6 is 0 Å². The fourth-order valence-electron chi connectivity index (χ4n) is 3.10. The largest absolute Gasteiger partial charge is 0.389 e. The molecule has 2 N–H and O–H groups in total. The van der Waals surface area contributed by atoms with Crippen LogP contribution in [0.5, 0.6) is 0 Å². The average Bonchev–Trinajstić information content (AvgIpc) is 3.03. The van der Waals surface area contributed by atoms with Crippen molar-refractivity contribution in [2.45, 2.75) is 19.4 Å². The van der Waals surface area contributed by atoms with Crippen molar-refractivity contribution >= 4 is 11.9 Å². The molecule has 144 valence electrons. The summed E-state index contributed by atoms with van der Waals surface area (Å²) in [6, 6.07) is 9.61. The number of urea groups is 1. The lowest BCUT2D eigenvalue weighted by atomic mass is 10.2. The number of carbonyl (C=O) groups excluding carboxylic acids is 2. The lowest BCUT2D eigenvalue weighted by Crippen LogP contribution is -2.44. The van der Waals surface area contributed by atoms with Gasteiger partial charge in [-0.1, -0.05) is 18.2 Å². The molecule has 0 aliphatic carbocycles. The van der Waals surface area contributed by atoms with Gasteiger partial charge >= 0.3 is 6.03 Å². The summed E-state index contributed by atoms with van der Waals surface area (Å²) >= 11 is 0. The predicted octanol–water partition coefficient (Wildman–Crippen LogP) is 0.649. The first-order valence-corrected chi connectivity index (χ1v) is 9.08. The van der Waals surface area contributed by atoms with Gasteiger partial charge in [0.15, 0.2) is 0 Å². The van der Waals surface area contributed by atoms with Crippen molar-refractivity contribution in [3.05, 3.63) is 48.3 Å². The third-order valence-electron chi connectivity index (χ3n) is 4.58. The minimum absolute atomic E-state index is 0.0910. The molecule has 8 nitrogen and oxygen atoms in total. The molecule has 3 amide bonds. The lowest BCUT2D eigenvalue weighted by Gasteiger charge is -2.22. The number of benzene rings is 1. The van der Waals surface area contributed by atoms with E-state index in [0.29, 0.717) is 26.1 Å². The molecule has 0 unspecified atom stereocenters. The Hall–Kier alpha value is -2.87. The Morgan fingerprint density at radius 1 is 1.19 bits per heavy atom. The van der Waals surface area contributed by atoms with Crippen molar-refractivity contribution in [3.8, 4) is 5.69 Å². The fourth-order valence-corrected chi connectivity index (χ4v) is 3.10. The predicted molar refractivity (Wildman–Crippen MR) is 101 cm³/mol. The number of hydrogen-bond acceptors (Lipinski definition) is 4. The molecule has 2 aromatic rings. The summed E-state index contributed by atoms with van der Waals surface area (Å²) in [7, 11) is 0. The van der Waals surface area contributed by atoms with Gasteiger partial charge in [0.1, 0.15) is 0 Å². The molecule has 0 bridgehead atoms.